The lowest BCUT2D eigenvalue weighted by atomic mass is 9.78. The fourth-order valence-corrected chi connectivity index (χ4v) is 5.90. The molecule has 4 rings (SSSR count). The molecule has 0 aromatic rings. The molecule has 1 heterocycles. The van der Waals surface area contributed by atoms with Crippen LogP contribution in [-0.4, -0.2) is 5.71 Å². The Morgan fingerprint density at radius 1 is 1.12 bits per heavy atom. The number of hydrogen-bond acceptors (Lipinski definition) is 1. The first kappa shape index (κ1) is 23.0. The fraction of sp³-hybridized carbons (Fsp3) is 0.516. The van der Waals surface area contributed by atoms with Gasteiger partial charge >= 0.3 is 0 Å². The van der Waals surface area contributed by atoms with Crippen LogP contribution >= 0.6 is 0 Å². The van der Waals surface area contributed by atoms with Gasteiger partial charge in [0.2, 0.25) is 0 Å². The van der Waals surface area contributed by atoms with Crippen molar-refractivity contribution in [3.05, 3.63) is 83.7 Å². The summed E-state index contributed by atoms with van der Waals surface area (Å²) in [4.78, 5) is 5.03. The first-order chi connectivity index (χ1) is 15.7. The third-order valence-corrected chi connectivity index (χ3v) is 8.07. The molecule has 0 amide bonds. The Labute approximate surface area is 197 Å². The lowest BCUT2D eigenvalue weighted by Gasteiger charge is -2.28. The van der Waals surface area contributed by atoms with Gasteiger partial charge in [0.05, 0.1) is 5.70 Å². The summed E-state index contributed by atoms with van der Waals surface area (Å²) in [6.45, 7) is 11.0. The topological polar surface area (TPSA) is 12.4 Å². The van der Waals surface area contributed by atoms with Crippen LogP contribution in [0, 0.1) is 17.8 Å². The average Bonchev–Trinajstić information content (AvgIpc) is 3.51. The largest absolute Gasteiger partial charge is 0.257 e. The maximum Gasteiger partial charge on any atom is 0.0619 e. The van der Waals surface area contributed by atoms with Crippen LogP contribution in [0.3, 0.4) is 0 Å². The summed E-state index contributed by atoms with van der Waals surface area (Å²) >= 11 is 0. The standard InChI is InChI=1S/C31H41N.H2/c1-4-25-17-19-26(20-18-25)23(2)11-7-5-6-8-12-24(3)30-21-22-31(32-30)29-16-10-14-27-13-9-15-28(27)29;/h5-7,9,11,15,21,25-26,29H,2-4,8,10,12-14,16-20,22H2,1H3;1H/b6-5-,11-7-;. The summed E-state index contributed by atoms with van der Waals surface area (Å²) in [6.07, 6.45) is 30.6. The zero-order valence-electron chi connectivity index (χ0n) is 20.1. The highest BCUT2D eigenvalue weighted by atomic mass is 14.8. The van der Waals surface area contributed by atoms with Gasteiger partial charge in [0, 0.05) is 19.5 Å². The second-order valence-corrected chi connectivity index (χ2v) is 10.1. The quantitative estimate of drug-likeness (QED) is 0.324. The van der Waals surface area contributed by atoms with Gasteiger partial charge in [-0.05, 0) is 87.2 Å². The maximum atomic E-state index is 5.03. The number of aliphatic imine (C=N–C) groups is 1. The molecule has 0 radical (unpaired) electrons. The van der Waals surface area contributed by atoms with Gasteiger partial charge in [0.25, 0.3) is 0 Å². The van der Waals surface area contributed by atoms with Crippen LogP contribution < -0.4 is 0 Å². The van der Waals surface area contributed by atoms with Crippen molar-refractivity contribution >= 4 is 5.71 Å². The van der Waals surface area contributed by atoms with Crippen LogP contribution in [0.2, 0.25) is 0 Å². The van der Waals surface area contributed by atoms with Crippen LogP contribution in [0.25, 0.3) is 0 Å². The minimum Gasteiger partial charge on any atom is -0.257 e. The Hall–Kier alpha value is -2.15. The van der Waals surface area contributed by atoms with E-state index in [-0.39, 0.29) is 1.43 Å². The smallest absolute Gasteiger partial charge is 0.0619 e. The van der Waals surface area contributed by atoms with Gasteiger partial charge in [-0.3, -0.25) is 4.99 Å². The molecule has 4 aliphatic rings. The van der Waals surface area contributed by atoms with Crippen LogP contribution in [0.5, 0.6) is 0 Å². The molecule has 0 aromatic heterocycles. The molecule has 0 N–H and O–H groups in total. The first-order valence-corrected chi connectivity index (χ1v) is 13.0. The molecule has 3 aliphatic carbocycles. The molecule has 32 heavy (non-hydrogen) atoms. The molecule has 1 fully saturated rings. The molecule has 0 spiro atoms. The van der Waals surface area contributed by atoms with Crippen LogP contribution in [0.15, 0.2) is 88.7 Å². The predicted molar refractivity (Wildman–Crippen MR) is 142 cm³/mol. The van der Waals surface area contributed by atoms with Crippen molar-refractivity contribution in [2.45, 2.75) is 84.0 Å². The van der Waals surface area contributed by atoms with Gasteiger partial charge in [-0.15, -0.1) is 0 Å². The van der Waals surface area contributed by atoms with Gasteiger partial charge in [-0.1, -0.05) is 80.2 Å². The molecule has 0 aromatic carbocycles. The van der Waals surface area contributed by atoms with Gasteiger partial charge in [-0.2, -0.15) is 0 Å². The molecular weight excluding hydrogens is 386 g/mol. The van der Waals surface area contributed by atoms with Crippen molar-refractivity contribution in [2.24, 2.45) is 22.7 Å². The van der Waals surface area contributed by atoms with Crippen LogP contribution in [-0.2, 0) is 0 Å². The van der Waals surface area contributed by atoms with Crippen molar-refractivity contribution in [1.29, 1.82) is 0 Å². The zero-order valence-corrected chi connectivity index (χ0v) is 20.1. The Bertz CT molecular complexity index is 899. The lowest BCUT2D eigenvalue weighted by Crippen LogP contribution is -2.18. The Balaban J connectivity index is 0.00000306. The number of allylic oxidation sites excluding steroid dienone is 11. The number of hydrogen-bond donors (Lipinski definition) is 0. The lowest BCUT2D eigenvalue weighted by molar-refractivity contribution is 0.298. The molecule has 1 aliphatic heterocycles. The van der Waals surface area contributed by atoms with Gasteiger partial charge in [0.1, 0.15) is 0 Å². The highest BCUT2D eigenvalue weighted by molar-refractivity contribution is 5.94. The fourth-order valence-electron chi connectivity index (χ4n) is 5.90. The molecule has 0 bridgehead atoms. The number of rotatable bonds is 9. The molecule has 1 atom stereocenters. The van der Waals surface area contributed by atoms with Crippen LogP contribution in [0.1, 0.15) is 85.4 Å². The summed E-state index contributed by atoms with van der Waals surface area (Å²) in [5.74, 6) is 2.19. The first-order valence-electron chi connectivity index (χ1n) is 13.0. The second kappa shape index (κ2) is 11.1. The van der Waals surface area contributed by atoms with E-state index in [1.54, 1.807) is 11.1 Å². The van der Waals surface area contributed by atoms with E-state index in [4.69, 9.17) is 4.99 Å². The minimum absolute atomic E-state index is 0. The van der Waals surface area contributed by atoms with Gasteiger partial charge < -0.3 is 0 Å². The van der Waals surface area contributed by atoms with E-state index < -0.39 is 0 Å². The molecule has 0 saturated heterocycles. The summed E-state index contributed by atoms with van der Waals surface area (Å²) in [6, 6.07) is 0. The van der Waals surface area contributed by atoms with E-state index in [0.717, 1.165) is 30.9 Å². The van der Waals surface area contributed by atoms with E-state index in [0.29, 0.717) is 11.8 Å². The predicted octanol–water partition coefficient (Wildman–Crippen LogP) is 9.24. The van der Waals surface area contributed by atoms with Crippen LogP contribution in [0.4, 0.5) is 0 Å². The maximum absolute atomic E-state index is 5.03. The molecule has 1 unspecified atom stereocenters. The van der Waals surface area contributed by atoms with Crippen molar-refractivity contribution < 1.29 is 1.43 Å². The third-order valence-electron chi connectivity index (χ3n) is 8.07. The highest BCUT2D eigenvalue weighted by Gasteiger charge is 2.28. The third kappa shape index (κ3) is 5.61. The number of nitrogens with zero attached hydrogens (tertiary/aromatic N) is 1. The Morgan fingerprint density at radius 3 is 2.78 bits per heavy atom. The molecule has 172 valence electrons. The van der Waals surface area contributed by atoms with E-state index in [2.05, 4.69) is 62.6 Å². The summed E-state index contributed by atoms with van der Waals surface area (Å²) in [7, 11) is 0. The molecule has 1 nitrogen and oxygen atoms in total. The average molecular weight is 430 g/mol. The van der Waals surface area contributed by atoms with E-state index in [9.17, 15) is 0 Å². The SMILES string of the molecule is C=C(CC/C=C\C=C/C(=C)C1CCC(CC)CC1)C1=CCC(C2CCCC3=C2C=CC3)=N1.[HH]. The van der Waals surface area contributed by atoms with E-state index >= 15 is 0 Å². The minimum atomic E-state index is 0. The van der Waals surface area contributed by atoms with Gasteiger partial charge in [0.15, 0.2) is 0 Å². The molecular formula is C31H43N. The van der Waals surface area contributed by atoms with Crippen molar-refractivity contribution in [1.82, 2.24) is 0 Å². The van der Waals surface area contributed by atoms with Crippen molar-refractivity contribution in [3.8, 4) is 0 Å². The monoisotopic (exact) mass is 429 g/mol. The summed E-state index contributed by atoms with van der Waals surface area (Å²) in [5.41, 5.74) is 8.22. The zero-order chi connectivity index (χ0) is 22.3. The van der Waals surface area contributed by atoms with E-state index in [1.807, 2.05) is 0 Å². The normalized spacial score (nSPS) is 27.8. The van der Waals surface area contributed by atoms with Gasteiger partial charge in [-0.25, -0.2) is 0 Å². The highest BCUT2D eigenvalue weighted by Crippen LogP contribution is 2.40. The molecule has 1 saturated carbocycles. The van der Waals surface area contributed by atoms with E-state index in [1.165, 1.54) is 74.6 Å². The molecule has 1 heteroatoms. The Morgan fingerprint density at radius 2 is 1.97 bits per heavy atom. The van der Waals surface area contributed by atoms with Crippen molar-refractivity contribution in [3.63, 3.8) is 0 Å². The summed E-state index contributed by atoms with van der Waals surface area (Å²) in [5, 5.41) is 0. The summed E-state index contributed by atoms with van der Waals surface area (Å²) < 4.78 is 0. The second-order valence-electron chi connectivity index (χ2n) is 10.1. The van der Waals surface area contributed by atoms with Crippen molar-refractivity contribution in [2.75, 3.05) is 0 Å². The Kier molecular flexibility index (Phi) is 8.00.